The van der Waals surface area contributed by atoms with Crippen molar-refractivity contribution >= 4 is 0 Å². The van der Waals surface area contributed by atoms with E-state index in [0.29, 0.717) is 6.61 Å². The van der Waals surface area contributed by atoms with Crippen LogP contribution in [0.3, 0.4) is 0 Å². The first-order valence-corrected chi connectivity index (χ1v) is 10.0. The second kappa shape index (κ2) is 8.09. The molecule has 0 aromatic heterocycles. The number of benzene rings is 2. The first kappa shape index (κ1) is 17.4. The highest BCUT2D eigenvalue weighted by Gasteiger charge is 2.39. The van der Waals surface area contributed by atoms with Gasteiger partial charge in [-0.15, -0.1) is 0 Å². The highest BCUT2D eigenvalue weighted by molar-refractivity contribution is 5.35. The van der Waals surface area contributed by atoms with E-state index in [-0.39, 0.29) is 5.54 Å². The van der Waals surface area contributed by atoms with Crippen molar-refractivity contribution in [2.24, 2.45) is 0 Å². The zero-order chi connectivity index (χ0) is 17.7. The van der Waals surface area contributed by atoms with Gasteiger partial charge < -0.3 is 4.74 Å². The van der Waals surface area contributed by atoms with E-state index in [1.54, 1.807) is 0 Å². The van der Waals surface area contributed by atoms with Crippen molar-refractivity contribution in [1.82, 2.24) is 4.90 Å². The second-order valence-corrected chi connectivity index (χ2v) is 7.60. The SMILES string of the molecule is C1=CCN(C2(c3cccc(OCc4ccccc4)c3)CCCCC2)CC1. The Balaban J connectivity index is 1.57. The summed E-state index contributed by atoms with van der Waals surface area (Å²) in [6.07, 6.45) is 12.4. The Bertz CT molecular complexity index is 731. The minimum absolute atomic E-state index is 0.190. The number of hydrogen-bond donors (Lipinski definition) is 0. The number of rotatable bonds is 5. The summed E-state index contributed by atoms with van der Waals surface area (Å²) in [7, 11) is 0. The highest BCUT2D eigenvalue weighted by Crippen LogP contribution is 2.43. The van der Waals surface area contributed by atoms with Crippen LogP contribution in [0.25, 0.3) is 0 Å². The molecule has 0 amide bonds. The van der Waals surface area contributed by atoms with E-state index in [0.717, 1.165) is 12.3 Å². The molecule has 1 aliphatic carbocycles. The van der Waals surface area contributed by atoms with Crippen LogP contribution in [0.2, 0.25) is 0 Å². The number of hydrogen-bond acceptors (Lipinski definition) is 2. The predicted molar refractivity (Wildman–Crippen MR) is 107 cm³/mol. The summed E-state index contributed by atoms with van der Waals surface area (Å²) < 4.78 is 6.12. The van der Waals surface area contributed by atoms with Gasteiger partial charge in [0.25, 0.3) is 0 Å². The van der Waals surface area contributed by atoms with Crippen molar-refractivity contribution < 1.29 is 4.74 Å². The van der Waals surface area contributed by atoms with Crippen molar-refractivity contribution in [2.75, 3.05) is 13.1 Å². The van der Waals surface area contributed by atoms with E-state index in [4.69, 9.17) is 4.74 Å². The average molecular weight is 348 g/mol. The van der Waals surface area contributed by atoms with Gasteiger partial charge in [-0.1, -0.05) is 73.9 Å². The van der Waals surface area contributed by atoms with Crippen molar-refractivity contribution in [1.29, 1.82) is 0 Å². The molecule has 0 bridgehead atoms. The van der Waals surface area contributed by atoms with Crippen molar-refractivity contribution in [3.8, 4) is 5.75 Å². The molecule has 1 heterocycles. The molecule has 0 saturated heterocycles. The summed E-state index contributed by atoms with van der Waals surface area (Å²) in [5, 5.41) is 0. The quantitative estimate of drug-likeness (QED) is 0.645. The molecule has 4 rings (SSSR count). The Kier molecular flexibility index (Phi) is 5.40. The van der Waals surface area contributed by atoms with Gasteiger partial charge in [-0.25, -0.2) is 0 Å². The average Bonchev–Trinajstić information content (AvgIpc) is 2.74. The summed E-state index contributed by atoms with van der Waals surface area (Å²) in [6, 6.07) is 19.3. The van der Waals surface area contributed by atoms with E-state index in [1.807, 2.05) is 6.07 Å². The zero-order valence-corrected chi connectivity index (χ0v) is 15.6. The summed E-state index contributed by atoms with van der Waals surface area (Å²) in [6.45, 7) is 2.88. The minimum Gasteiger partial charge on any atom is -0.489 e. The Labute approximate surface area is 157 Å². The molecule has 2 aromatic carbocycles. The van der Waals surface area contributed by atoms with Crippen LogP contribution in [0.15, 0.2) is 66.7 Å². The molecule has 2 aromatic rings. The third-order valence-electron chi connectivity index (χ3n) is 5.96. The van der Waals surface area contributed by atoms with E-state index >= 15 is 0 Å². The molecule has 2 heteroatoms. The fraction of sp³-hybridized carbons (Fsp3) is 0.417. The van der Waals surface area contributed by atoms with Crippen LogP contribution in [0, 0.1) is 0 Å². The van der Waals surface area contributed by atoms with Crippen LogP contribution >= 0.6 is 0 Å². The van der Waals surface area contributed by atoms with Gasteiger partial charge in [0.2, 0.25) is 0 Å². The molecule has 0 radical (unpaired) electrons. The van der Waals surface area contributed by atoms with Crippen molar-refractivity contribution in [3.05, 3.63) is 77.9 Å². The summed E-state index contributed by atoms with van der Waals surface area (Å²) in [5.41, 5.74) is 2.85. The molecule has 2 nitrogen and oxygen atoms in total. The largest absolute Gasteiger partial charge is 0.489 e. The lowest BCUT2D eigenvalue weighted by molar-refractivity contribution is 0.0555. The maximum Gasteiger partial charge on any atom is 0.120 e. The molecular formula is C24H29NO. The molecule has 136 valence electrons. The zero-order valence-electron chi connectivity index (χ0n) is 15.6. The summed E-state index contributed by atoms with van der Waals surface area (Å²) in [5.74, 6) is 0.990. The van der Waals surface area contributed by atoms with E-state index < -0.39 is 0 Å². The van der Waals surface area contributed by atoms with Gasteiger partial charge in [0, 0.05) is 18.6 Å². The van der Waals surface area contributed by atoms with Crippen LogP contribution in [-0.2, 0) is 12.1 Å². The molecule has 1 aliphatic heterocycles. The van der Waals surface area contributed by atoms with Crippen molar-refractivity contribution in [3.63, 3.8) is 0 Å². The van der Waals surface area contributed by atoms with Gasteiger partial charge in [0.15, 0.2) is 0 Å². The van der Waals surface area contributed by atoms with E-state index in [1.165, 1.54) is 56.2 Å². The fourth-order valence-corrected chi connectivity index (χ4v) is 4.57. The van der Waals surface area contributed by atoms with Gasteiger partial charge in [0.05, 0.1) is 0 Å². The Hall–Kier alpha value is -2.06. The van der Waals surface area contributed by atoms with Crippen molar-refractivity contribution in [2.45, 2.75) is 50.7 Å². The molecule has 1 fully saturated rings. The number of nitrogens with zero attached hydrogens (tertiary/aromatic N) is 1. The summed E-state index contributed by atoms with van der Waals surface area (Å²) in [4.78, 5) is 2.71. The first-order chi connectivity index (χ1) is 12.9. The van der Waals surface area contributed by atoms with Crippen LogP contribution in [0.5, 0.6) is 5.75 Å². The van der Waals surface area contributed by atoms with Crippen LogP contribution in [0.1, 0.15) is 49.7 Å². The molecule has 0 N–H and O–H groups in total. The maximum atomic E-state index is 6.12. The van der Waals surface area contributed by atoms with Gasteiger partial charge in [-0.05, 0) is 42.5 Å². The first-order valence-electron chi connectivity index (χ1n) is 10.0. The fourth-order valence-electron chi connectivity index (χ4n) is 4.57. The molecule has 26 heavy (non-hydrogen) atoms. The molecule has 0 spiro atoms. The van der Waals surface area contributed by atoms with E-state index in [2.05, 4.69) is 65.6 Å². The Morgan fingerprint density at radius 1 is 0.885 bits per heavy atom. The monoisotopic (exact) mass is 347 g/mol. The Morgan fingerprint density at radius 2 is 1.73 bits per heavy atom. The molecule has 0 atom stereocenters. The molecule has 1 saturated carbocycles. The molecular weight excluding hydrogens is 318 g/mol. The van der Waals surface area contributed by atoms with E-state index in [9.17, 15) is 0 Å². The Morgan fingerprint density at radius 3 is 2.50 bits per heavy atom. The smallest absolute Gasteiger partial charge is 0.120 e. The van der Waals surface area contributed by atoms with Gasteiger partial charge >= 0.3 is 0 Å². The van der Waals surface area contributed by atoms with Gasteiger partial charge in [0.1, 0.15) is 12.4 Å². The standard InChI is InChI=1S/C24H29NO/c1-4-11-21(12-5-1)20-26-23-14-10-13-22(19-23)24(15-6-2-7-16-24)25-17-8-3-9-18-25/h1,3-5,8,10-14,19H,2,6-7,9,15-18,20H2. The van der Waals surface area contributed by atoms with Crippen LogP contribution in [0.4, 0.5) is 0 Å². The van der Waals surface area contributed by atoms with Crippen LogP contribution in [-0.4, -0.2) is 18.0 Å². The second-order valence-electron chi connectivity index (χ2n) is 7.60. The topological polar surface area (TPSA) is 12.5 Å². The van der Waals surface area contributed by atoms with Gasteiger partial charge in [-0.2, -0.15) is 0 Å². The molecule has 0 unspecified atom stereocenters. The lowest BCUT2D eigenvalue weighted by atomic mass is 9.74. The lowest BCUT2D eigenvalue weighted by Gasteiger charge is -2.47. The third kappa shape index (κ3) is 3.71. The number of ether oxygens (including phenoxy) is 1. The molecule has 2 aliphatic rings. The summed E-state index contributed by atoms with van der Waals surface area (Å²) >= 11 is 0. The van der Waals surface area contributed by atoms with Gasteiger partial charge in [-0.3, -0.25) is 4.90 Å². The van der Waals surface area contributed by atoms with Crippen LogP contribution < -0.4 is 4.74 Å². The predicted octanol–water partition coefficient (Wildman–Crippen LogP) is 5.69. The lowest BCUT2D eigenvalue weighted by Crippen LogP contribution is -2.48. The highest BCUT2D eigenvalue weighted by atomic mass is 16.5. The maximum absolute atomic E-state index is 6.12. The minimum atomic E-state index is 0.190. The third-order valence-corrected chi connectivity index (χ3v) is 5.96. The normalized spacial score (nSPS) is 20.0.